The van der Waals surface area contributed by atoms with Gasteiger partial charge in [-0.25, -0.2) is 8.42 Å². The van der Waals surface area contributed by atoms with Gasteiger partial charge < -0.3 is 5.32 Å². The maximum absolute atomic E-state index is 13.9. The third-order valence-corrected chi connectivity index (χ3v) is 6.49. The number of sulfone groups is 1. The molecular formula is C23H23F6N3O3S. The molecular weight excluding hydrogens is 512 g/mol. The zero-order valence-electron chi connectivity index (χ0n) is 19.1. The lowest BCUT2D eigenvalue weighted by molar-refractivity contribution is -0.177. The summed E-state index contributed by atoms with van der Waals surface area (Å²) in [5.41, 5.74) is 0.642. The Morgan fingerprint density at radius 1 is 0.944 bits per heavy atom. The van der Waals surface area contributed by atoms with Crippen LogP contribution in [0.25, 0.3) is 11.1 Å². The molecule has 196 valence electrons. The lowest BCUT2D eigenvalue weighted by atomic mass is 9.96. The molecule has 0 bridgehead atoms. The second-order valence-corrected chi connectivity index (χ2v) is 10.2. The van der Waals surface area contributed by atoms with E-state index in [1.807, 2.05) is 10.6 Å². The number of nitrogens with zero attached hydrogens (tertiary/aromatic N) is 1. The number of carbonyl (C=O) groups is 1. The second-order valence-electron chi connectivity index (χ2n) is 8.17. The van der Waals surface area contributed by atoms with Gasteiger partial charge >= 0.3 is 12.4 Å². The number of alkyl halides is 6. The molecule has 0 saturated heterocycles. The van der Waals surface area contributed by atoms with E-state index in [4.69, 9.17) is 5.26 Å². The Hall–Kier alpha value is -3.11. The highest BCUT2D eigenvalue weighted by Gasteiger charge is 2.45. The van der Waals surface area contributed by atoms with Crippen LogP contribution in [0.15, 0.2) is 53.4 Å². The molecule has 3 atom stereocenters. The fourth-order valence-electron chi connectivity index (χ4n) is 3.33. The van der Waals surface area contributed by atoms with Crippen LogP contribution in [0, 0.1) is 17.2 Å². The molecule has 0 aromatic heterocycles. The summed E-state index contributed by atoms with van der Waals surface area (Å²) in [6, 6.07) is 7.77. The highest BCUT2D eigenvalue weighted by atomic mass is 32.2. The SMILES string of the molecule is C[C@@H](CC(N[C@@H](c1ccc(-c2ccc(S(C)(=O)=O)cc2)cc1)C(F)(F)F)C(=O)NCC#N)C(F)(F)F. The Labute approximate surface area is 204 Å². The van der Waals surface area contributed by atoms with Gasteiger partial charge in [0.25, 0.3) is 0 Å². The van der Waals surface area contributed by atoms with E-state index in [1.54, 1.807) is 6.07 Å². The first-order valence-corrected chi connectivity index (χ1v) is 12.4. The predicted molar refractivity (Wildman–Crippen MR) is 119 cm³/mol. The van der Waals surface area contributed by atoms with Gasteiger partial charge in [-0.1, -0.05) is 43.3 Å². The minimum atomic E-state index is -4.96. The van der Waals surface area contributed by atoms with Gasteiger partial charge in [-0.3, -0.25) is 10.1 Å². The van der Waals surface area contributed by atoms with Crippen molar-refractivity contribution in [3.8, 4) is 17.2 Å². The third kappa shape index (κ3) is 7.96. The summed E-state index contributed by atoms with van der Waals surface area (Å²) >= 11 is 0. The molecule has 0 radical (unpaired) electrons. The molecule has 2 N–H and O–H groups in total. The van der Waals surface area contributed by atoms with E-state index < -0.39 is 59.1 Å². The van der Waals surface area contributed by atoms with E-state index in [9.17, 15) is 39.6 Å². The van der Waals surface area contributed by atoms with Crippen molar-refractivity contribution >= 4 is 15.7 Å². The van der Waals surface area contributed by atoms with E-state index in [-0.39, 0.29) is 10.5 Å². The monoisotopic (exact) mass is 535 g/mol. The quantitative estimate of drug-likeness (QED) is 0.363. The number of rotatable bonds is 9. The van der Waals surface area contributed by atoms with Crippen molar-refractivity contribution < 1.29 is 39.6 Å². The highest BCUT2D eigenvalue weighted by Crippen LogP contribution is 2.36. The van der Waals surface area contributed by atoms with Crippen molar-refractivity contribution in [1.29, 1.82) is 5.26 Å². The standard InChI is InChI=1S/C23H23F6N3O3S/c1-14(22(24,25)26)13-19(21(33)31-12-11-30)32-20(23(27,28)29)17-5-3-15(4-6-17)16-7-9-18(10-8-16)36(2,34)35/h3-10,14,19-20,32H,12-13H2,1-2H3,(H,31,33)/t14-,19?,20-/m0/s1. The molecule has 0 spiro atoms. The normalized spacial score (nSPS) is 15.0. The van der Waals surface area contributed by atoms with E-state index in [1.165, 1.54) is 36.4 Å². The Kier molecular flexibility index (Phi) is 9.14. The summed E-state index contributed by atoms with van der Waals surface area (Å²) in [6.07, 6.45) is -9.64. The van der Waals surface area contributed by atoms with Crippen LogP contribution >= 0.6 is 0 Å². The molecule has 2 rings (SSSR count). The fraction of sp³-hybridized carbons (Fsp3) is 0.391. The zero-order valence-corrected chi connectivity index (χ0v) is 19.9. The van der Waals surface area contributed by atoms with Crippen molar-refractivity contribution in [2.24, 2.45) is 5.92 Å². The molecule has 13 heteroatoms. The number of carbonyl (C=O) groups excluding carboxylic acids is 1. The van der Waals surface area contributed by atoms with Gasteiger partial charge in [0.1, 0.15) is 12.6 Å². The predicted octanol–water partition coefficient (Wildman–Crippen LogP) is 4.55. The molecule has 0 heterocycles. The third-order valence-electron chi connectivity index (χ3n) is 5.36. The van der Waals surface area contributed by atoms with Crippen LogP contribution in [0.4, 0.5) is 26.3 Å². The number of hydrogen-bond donors (Lipinski definition) is 2. The number of benzene rings is 2. The molecule has 0 aliphatic carbocycles. The average Bonchev–Trinajstić information content (AvgIpc) is 2.78. The Morgan fingerprint density at radius 3 is 1.86 bits per heavy atom. The van der Waals surface area contributed by atoms with E-state index in [0.29, 0.717) is 11.1 Å². The average molecular weight is 536 g/mol. The Morgan fingerprint density at radius 2 is 1.44 bits per heavy atom. The van der Waals surface area contributed by atoms with Gasteiger partial charge in [0.05, 0.1) is 22.9 Å². The number of nitriles is 1. The van der Waals surface area contributed by atoms with Gasteiger partial charge in [0, 0.05) is 6.26 Å². The van der Waals surface area contributed by atoms with Crippen LogP contribution in [-0.4, -0.2) is 45.5 Å². The number of nitrogens with one attached hydrogen (secondary N) is 2. The lowest BCUT2D eigenvalue weighted by Crippen LogP contribution is -2.50. The number of halogens is 6. The first-order chi connectivity index (χ1) is 16.5. The highest BCUT2D eigenvalue weighted by molar-refractivity contribution is 7.90. The van der Waals surface area contributed by atoms with Gasteiger partial charge in [-0.15, -0.1) is 0 Å². The van der Waals surface area contributed by atoms with Gasteiger partial charge in [-0.2, -0.15) is 31.6 Å². The summed E-state index contributed by atoms with van der Waals surface area (Å²) in [4.78, 5) is 12.4. The van der Waals surface area contributed by atoms with Crippen molar-refractivity contribution in [2.45, 2.75) is 42.7 Å². The number of amides is 1. The van der Waals surface area contributed by atoms with Gasteiger partial charge in [0.15, 0.2) is 9.84 Å². The molecule has 0 fully saturated rings. The van der Waals surface area contributed by atoms with Crippen LogP contribution < -0.4 is 10.6 Å². The minimum Gasteiger partial charge on any atom is -0.342 e. The van der Waals surface area contributed by atoms with Crippen molar-refractivity contribution in [3.63, 3.8) is 0 Å². The molecule has 36 heavy (non-hydrogen) atoms. The van der Waals surface area contributed by atoms with Crippen molar-refractivity contribution in [3.05, 3.63) is 54.1 Å². The van der Waals surface area contributed by atoms with Crippen LogP contribution in [0.3, 0.4) is 0 Å². The molecule has 0 aliphatic rings. The molecule has 1 unspecified atom stereocenters. The summed E-state index contributed by atoms with van der Waals surface area (Å²) in [6.45, 7) is 0.166. The first kappa shape index (κ1) is 29.1. The fourth-order valence-corrected chi connectivity index (χ4v) is 3.96. The number of hydrogen-bond acceptors (Lipinski definition) is 5. The molecule has 0 aliphatic heterocycles. The largest absolute Gasteiger partial charge is 0.407 e. The van der Waals surface area contributed by atoms with Crippen LogP contribution in [0.2, 0.25) is 0 Å². The zero-order chi connectivity index (χ0) is 27.3. The second kappa shape index (κ2) is 11.3. The molecule has 2 aromatic carbocycles. The van der Waals surface area contributed by atoms with Gasteiger partial charge in [0.2, 0.25) is 5.91 Å². The summed E-state index contributed by atoms with van der Waals surface area (Å²) in [7, 11) is -3.43. The summed E-state index contributed by atoms with van der Waals surface area (Å²) in [5, 5.41) is 12.6. The topological polar surface area (TPSA) is 99.1 Å². The lowest BCUT2D eigenvalue weighted by Gasteiger charge is -2.29. The van der Waals surface area contributed by atoms with Crippen molar-refractivity contribution in [1.82, 2.24) is 10.6 Å². The Balaban J connectivity index is 2.35. The molecule has 1 amide bonds. The van der Waals surface area contributed by atoms with Crippen LogP contribution in [0.1, 0.15) is 24.9 Å². The molecule has 2 aromatic rings. The maximum atomic E-state index is 13.9. The van der Waals surface area contributed by atoms with E-state index in [0.717, 1.165) is 25.3 Å². The summed E-state index contributed by atoms with van der Waals surface area (Å²) in [5.74, 6) is -3.25. The van der Waals surface area contributed by atoms with Crippen LogP contribution in [-0.2, 0) is 14.6 Å². The smallest absolute Gasteiger partial charge is 0.342 e. The minimum absolute atomic E-state index is 0.0676. The molecule has 0 saturated carbocycles. The van der Waals surface area contributed by atoms with E-state index in [2.05, 4.69) is 0 Å². The van der Waals surface area contributed by atoms with Gasteiger partial charge in [-0.05, 0) is 35.2 Å². The van der Waals surface area contributed by atoms with Crippen LogP contribution in [0.5, 0.6) is 0 Å². The Bertz CT molecular complexity index is 1190. The summed E-state index contributed by atoms with van der Waals surface area (Å²) < 4.78 is 104. The van der Waals surface area contributed by atoms with E-state index >= 15 is 0 Å². The maximum Gasteiger partial charge on any atom is 0.407 e. The first-order valence-electron chi connectivity index (χ1n) is 10.5. The molecule has 6 nitrogen and oxygen atoms in total. The van der Waals surface area contributed by atoms with Crippen molar-refractivity contribution in [2.75, 3.05) is 12.8 Å².